The number of halogens is 1. The van der Waals surface area contributed by atoms with Crippen molar-refractivity contribution in [2.45, 2.75) is 16.7 Å². The molecule has 4 aromatic rings. The van der Waals surface area contributed by atoms with Gasteiger partial charge in [0.2, 0.25) is 5.91 Å². The van der Waals surface area contributed by atoms with Gasteiger partial charge in [-0.25, -0.2) is 8.42 Å². The number of amides is 2. The summed E-state index contributed by atoms with van der Waals surface area (Å²) in [5.41, 5.74) is 3.41. The molecular weight excluding hydrogens is 566 g/mol. The predicted molar refractivity (Wildman–Crippen MR) is 160 cm³/mol. The van der Waals surface area contributed by atoms with Gasteiger partial charge in [-0.3, -0.25) is 14.3 Å². The van der Waals surface area contributed by atoms with Gasteiger partial charge in [-0.15, -0.1) is 11.8 Å². The van der Waals surface area contributed by atoms with Crippen LogP contribution in [0.4, 0.5) is 11.4 Å². The molecule has 0 saturated carbocycles. The van der Waals surface area contributed by atoms with Gasteiger partial charge < -0.3 is 10.2 Å². The minimum absolute atomic E-state index is 0.0512. The lowest BCUT2D eigenvalue weighted by Gasteiger charge is -2.24. The van der Waals surface area contributed by atoms with Gasteiger partial charge in [0.25, 0.3) is 15.9 Å². The fourth-order valence-electron chi connectivity index (χ4n) is 4.35. The Hall–Kier alpha value is -3.79. The molecule has 1 fully saturated rings. The molecule has 1 heterocycles. The second-order valence-corrected chi connectivity index (χ2v) is 12.4. The molecule has 40 heavy (non-hydrogen) atoms. The zero-order valence-electron chi connectivity index (χ0n) is 21.3. The summed E-state index contributed by atoms with van der Waals surface area (Å²) in [5, 5.41) is 3.12. The van der Waals surface area contributed by atoms with Crippen molar-refractivity contribution in [1.29, 1.82) is 0 Å². The molecule has 1 aliphatic rings. The number of rotatable bonds is 9. The Balaban J connectivity index is 1.20. The van der Waals surface area contributed by atoms with Gasteiger partial charge in [0.05, 0.1) is 16.3 Å². The fraction of sp³-hybridized carbons (Fsp3) is 0.133. The number of hydrogen-bond acceptors (Lipinski definition) is 5. The highest BCUT2D eigenvalue weighted by molar-refractivity contribution is 8.00. The van der Waals surface area contributed by atoms with Crippen LogP contribution in [-0.4, -0.2) is 37.4 Å². The van der Waals surface area contributed by atoms with Crippen LogP contribution in [0.5, 0.6) is 0 Å². The van der Waals surface area contributed by atoms with E-state index in [0.717, 1.165) is 12.0 Å². The van der Waals surface area contributed by atoms with E-state index in [1.165, 1.54) is 35.9 Å². The number of sulfonamides is 1. The van der Waals surface area contributed by atoms with Crippen molar-refractivity contribution in [3.8, 4) is 0 Å². The number of carbonyl (C=O) groups is 2. The fourth-order valence-corrected chi connectivity index (χ4v) is 6.81. The molecule has 10 heteroatoms. The highest BCUT2D eigenvalue weighted by atomic mass is 35.5. The molecule has 2 amide bonds. The van der Waals surface area contributed by atoms with Gasteiger partial charge >= 0.3 is 0 Å². The zero-order chi connectivity index (χ0) is 28.1. The maximum absolute atomic E-state index is 12.9. The summed E-state index contributed by atoms with van der Waals surface area (Å²) < 4.78 is 27.9. The molecule has 1 aliphatic heterocycles. The van der Waals surface area contributed by atoms with Crippen molar-refractivity contribution in [1.82, 2.24) is 4.90 Å². The van der Waals surface area contributed by atoms with Gasteiger partial charge in [0.15, 0.2) is 0 Å². The minimum atomic E-state index is -3.82. The number of hydrogen-bond donors (Lipinski definition) is 2. The molecular formula is C30H26ClN3O4S2. The number of nitrogens with one attached hydrogen (secondary N) is 2. The summed E-state index contributed by atoms with van der Waals surface area (Å²) in [4.78, 5) is 27.3. The van der Waals surface area contributed by atoms with Gasteiger partial charge in [-0.1, -0.05) is 60.1 Å². The van der Waals surface area contributed by atoms with Crippen LogP contribution >= 0.6 is 23.4 Å². The van der Waals surface area contributed by atoms with E-state index in [1.807, 2.05) is 35.2 Å². The Bertz CT molecular complexity index is 1610. The van der Waals surface area contributed by atoms with Crippen LogP contribution in [-0.2, 0) is 21.2 Å². The average molecular weight is 592 g/mol. The van der Waals surface area contributed by atoms with Crippen molar-refractivity contribution in [2.75, 3.05) is 22.3 Å². The van der Waals surface area contributed by atoms with Gasteiger partial charge in [-0.05, 0) is 72.1 Å². The normalized spacial score (nSPS) is 15.2. The number of thioether (sulfide) groups is 1. The lowest BCUT2D eigenvalue weighted by atomic mass is 10.1. The summed E-state index contributed by atoms with van der Waals surface area (Å²) in [6, 6.07) is 29.6. The first-order chi connectivity index (χ1) is 19.3. The molecule has 4 aromatic carbocycles. The van der Waals surface area contributed by atoms with Crippen LogP contribution in [0, 0.1) is 0 Å². The molecule has 0 unspecified atom stereocenters. The summed E-state index contributed by atoms with van der Waals surface area (Å²) in [6.45, 7) is 0.628. The van der Waals surface area contributed by atoms with Crippen LogP contribution in [0.25, 0.3) is 0 Å². The summed E-state index contributed by atoms with van der Waals surface area (Å²) in [5.74, 6) is 0.221. The third-order valence-corrected chi connectivity index (χ3v) is 9.30. The van der Waals surface area contributed by atoms with Crippen LogP contribution < -0.4 is 10.0 Å². The lowest BCUT2D eigenvalue weighted by molar-refractivity contribution is -0.128. The first-order valence-electron chi connectivity index (χ1n) is 12.5. The molecule has 0 spiro atoms. The van der Waals surface area contributed by atoms with E-state index in [-0.39, 0.29) is 22.1 Å². The summed E-state index contributed by atoms with van der Waals surface area (Å²) in [6.07, 6.45) is 0.779. The standard InChI is InChI=1S/C30H26ClN3O4S2/c31-24-7-4-8-26(19-24)33-40(37,38)27-15-13-25(14-16-27)32-29(36)22-9-11-23(12-10-22)30-34(28(35)20-39-30)18-17-21-5-2-1-3-6-21/h1-16,19,30,33H,17-18,20H2,(H,32,36)/t30-/m1/s1. The van der Waals surface area contributed by atoms with E-state index >= 15 is 0 Å². The van der Waals surface area contributed by atoms with Crippen LogP contribution in [0.15, 0.2) is 108 Å². The Kier molecular flexibility index (Phi) is 8.44. The monoisotopic (exact) mass is 591 g/mol. The molecule has 1 atom stereocenters. The summed E-state index contributed by atoms with van der Waals surface area (Å²) in [7, 11) is -3.82. The average Bonchev–Trinajstić information content (AvgIpc) is 3.32. The molecule has 5 rings (SSSR count). The third kappa shape index (κ3) is 6.67. The third-order valence-electron chi connectivity index (χ3n) is 6.41. The van der Waals surface area contributed by atoms with Crippen molar-refractivity contribution in [3.05, 3.63) is 125 Å². The second-order valence-electron chi connectivity index (χ2n) is 9.20. The van der Waals surface area contributed by atoms with Crippen LogP contribution in [0.3, 0.4) is 0 Å². The first-order valence-corrected chi connectivity index (χ1v) is 15.4. The van der Waals surface area contributed by atoms with Crippen molar-refractivity contribution < 1.29 is 18.0 Å². The Morgan fingerprint density at radius 1 is 0.900 bits per heavy atom. The van der Waals surface area contributed by atoms with E-state index < -0.39 is 10.0 Å². The van der Waals surface area contributed by atoms with Crippen molar-refractivity contribution in [2.24, 2.45) is 0 Å². The second kappa shape index (κ2) is 12.2. The Morgan fingerprint density at radius 3 is 2.33 bits per heavy atom. The van der Waals surface area contributed by atoms with Gasteiger partial charge in [0.1, 0.15) is 5.37 Å². The van der Waals surface area contributed by atoms with Crippen LogP contribution in [0.2, 0.25) is 5.02 Å². The topological polar surface area (TPSA) is 95.6 Å². The van der Waals surface area contributed by atoms with E-state index in [0.29, 0.717) is 34.3 Å². The maximum atomic E-state index is 12.9. The van der Waals surface area contributed by atoms with Crippen LogP contribution in [0.1, 0.15) is 26.9 Å². The quantitative estimate of drug-likeness (QED) is 0.241. The molecule has 204 valence electrons. The molecule has 0 aliphatic carbocycles. The maximum Gasteiger partial charge on any atom is 0.261 e. The van der Waals surface area contributed by atoms with E-state index in [4.69, 9.17) is 11.6 Å². The van der Waals surface area contributed by atoms with Gasteiger partial charge in [-0.2, -0.15) is 0 Å². The molecule has 0 bridgehead atoms. The molecule has 1 saturated heterocycles. The SMILES string of the molecule is O=C(Nc1ccc(S(=O)(=O)Nc2cccc(Cl)c2)cc1)c1ccc([C@H]2SCC(=O)N2CCc2ccccc2)cc1. The van der Waals surface area contributed by atoms with E-state index in [9.17, 15) is 18.0 Å². The molecule has 0 radical (unpaired) electrons. The highest BCUT2D eigenvalue weighted by Gasteiger charge is 2.32. The number of anilines is 2. The van der Waals surface area contributed by atoms with E-state index in [2.05, 4.69) is 22.2 Å². The van der Waals surface area contributed by atoms with Crippen molar-refractivity contribution in [3.63, 3.8) is 0 Å². The number of nitrogens with zero attached hydrogens (tertiary/aromatic N) is 1. The zero-order valence-corrected chi connectivity index (χ0v) is 23.7. The van der Waals surface area contributed by atoms with E-state index in [1.54, 1.807) is 42.1 Å². The largest absolute Gasteiger partial charge is 0.326 e. The highest BCUT2D eigenvalue weighted by Crippen LogP contribution is 2.38. The summed E-state index contributed by atoms with van der Waals surface area (Å²) >= 11 is 7.52. The Labute approximate surface area is 242 Å². The number of carbonyl (C=O) groups excluding carboxylic acids is 2. The minimum Gasteiger partial charge on any atom is -0.326 e. The predicted octanol–water partition coefficient (Wildman–Crippen LogP) is 6.21. The van der Waals surface area contributed by atoms with Crippen molar-refractivity contribution >= 4 is 56.6 Å². The smallest absolute Gasteiger partial charge is 0.261 e. The Morgan fingerprint density at radius 2 is 1.62 bits per heavy atom. The molecule has 2 N–H and O–H groups in total. The number of benzene rings is 4. The van der Waals surface area contributed by atoms with Gasteiger partial charge in [0, 0.05) is 22.8 Å². The molecule has 0 aromatic heterocycles. The lowest BCUT2D eigenvalue weighted by Crippen LogP contribution is -2.30. The first kappa shape index (κ1) is 27.8. The molecule has 7 nitrogen and oxygen atoms in total.